The maximum Gasteiger partial charge on any atom is 0.235 e. The minimum atomic E-state index is -2.65. The first kappa shape index (κ1) is 23.1. The van der Waals surface area contributed by atoms with Crippen molar-refractivity contribution in [3.05, 3.63) is 22.8 Å². The van der Waals surface area contributed by atoms with E-state index in [0.29, 0.717) is 17.5 Å². The van der Waals surface area contributed by atoms with Gasteiger partial charge in [0.25, 0.3) is 0 Å². The van der Waals surface area contributed by atoms with Gasteiger partial charge in [-0.1, -0.05) is 13.8 Å². The van der Waals surface area contributed by atoms with Crippen LogP contribution in [0.15, 0.2) is 6.07 Å². The van der Waals surface area contributed by atoms with Crippen LogP contribution in [-0.2, 0) is 32.0 Å². The second-order valence-corrected chi connectivity index (χ2v) is 9.67. The number of fused-ring (bicyclic) bond motifs is 3. The molecular weight excluding hydrogens is 428 g/mol. The van der Waals surface area contributed by atoms with Gasteiger partial charge in [-0.05, 0) is 42.4 Å². The number of benzene rings is 1. The number of nitrogens with zero attached hydrogens (tertiary/aromatic N) is 1. The Kier molecular flexibility index (Phi) is 5.24. The summed E-state index contributed by atoms with van der Waals surface area (Å²) in [7, 11) is 3.63. The zero-order valence-corrected chi connectivity index (χ0v) is 19.0. The summed E-state index contributed by atoms with van der Waals surface area (Å²) in [6.07, 6.45) is 0.800. The Labute approximate surface area is 190 Å². The molecule has 4 rings (SSSR count). The number of hydrogen-bond donors (Lipinski definition) is 3. The van der Waals surface area contributed by atoms with E-state index in [0.717, 1.165) is 5.69 Å². The number of rotatable bonds is 3. The van der Waals surface area contributed by atoms with Crippen LogP contribution in [-0.4, -0.2) is 58.9 Å². The lowest BCUT2D eigenvalue weighted by molar-refractivity contribution is -0.180. The first-order valence-corrected chi connectivity index (χ1v) is 11.1. The highest BCUT2D eigenvalue weighted by atomic mass is 16.3. The highest BCUT2D eigenvalue weighted by Gasteiger charge is 2.68. The molecule has 0 radical (unpaired) electrons. The SMILES string of the molecule is CCc1cc(N(C)C)c2c(c1O)C(=O)C1C(=O)C3(O)C(=O)C(C(N)=O)C(=O)C(C)C3CC1C2. The lowest BCUT2D eigenvalue weighted by Gasteiger charge is -2.51. The van der Waals surface area contributed by atoms with Crippen LogP contribution in [0.3, 0.4) is 0 Å². The highest BCUT2D eigenvalue weighted by Crippen LogP contribution is 2.52. The number of phenolic OH excluding ortho intramolecular Hbond substituents is 1. The molecule has 1 amide bonds. The molecule has 0 spiro atoms. The van der Waals surface area contributed by atoms with Crippen molar-refractivity contribution in [2.75, 3.05) is 19.0 Å². The molecule has 0 aromatic heterocycles. The van der Waals surface area contributed by atoms with Crippen LogP contribution >= 0.6 is 0 Å². The van der Waals surface area contributed by atoms with Gasteiger partial charge in [-0.3, -0.25) is 24.0 Å². The summed E-state index contributed by atoms with van der Waals surface area (Å²) >= 11 is 0. The molecular formula is C24H28N2O7. The van der Waals surface area contributed by atoms with Crippen molar-refractivity contribution < 1.29 is 34.2 Å². The molecule has 6 unspecified atom stereocenters. The van der Waals surface area contributed by atoms with E-state index in [1.165, 1.54) is 6.92 Å². The van der Waals surface area contributed by atoms with Gasteiger partial charge in [0.2, 0.25) is 5.91 Å². The number of amides is 1. The Bertz CT molecular complexity index is 1120. The van der Waals surface area contributed by atoms with Crippen molar-refractivity contribution in [1.29, 1.82) is 0 Å². The minimum absolute atomic E-state index is 0.0357. The van der Waals surface area contributed by atoms with Crippen molar-refractivity contribution in [3.63, 3.8) is 0 Å². The molecule has 0 bridgehead atoms. The number of aromatic hydroxyl groups is 1. The third-order valence-electron chi connectivity index (χ3n) is 7.80. The minimum Gasteiger partial charge on any atom is -0.507 e. The van der Waals surface area contributed by atoms with Crippen molar-refractivity contribution in [2.45, 2.75) is 38.7 Å². The highest BCUT2D eigenvalue weighted by molar-refractivity contribution is 6.31. The Morgan fingerprint density at radius 3 is 2.39 bits per heavy atom. The van der Waals surface area contributed by atoms with Gasteiger partial charge < -0.3 is 20.8 Å². The van der Waals surface area contributed by atoms with E-state index in [4.69, 9.17) is 5.73 Å². The zero-order valence-electron chi connectivity index (χ0n) is 19.0. The number of ketones is 4. The van der Waals surface area contributed by atoms with Gasteiger partial charge in [0.05, 0.1) is 11.5 Å². The fraction of sp³-hybridized carbons (Fsp3) is 0.542. The van der Waals surface area contributed by atoms with Crippen LogP contribution in [0, 0.1) is 29.6 Å². The molecule has 1 aromatic carbocycles. The summed E-state index contributed by atoms with van der Waals surface area (Å²) in [5.74, 6) is -10.9. The van der Waals surface area contributed by atoms with Crippen molar-refractivity contribution in [2.24, 2.45) is 35.3 Å². The summed E-state index contributed by atoms with van der Waals surface area (Å²) < 4.78 is 0. The normalized spacial score (nSPS) is 33.3. The molecule has 0 heterocycles. The monoisotopic (exact) mass is 456 g/mol. The Morgan fingerprint density at radius 2 is 1.85 bits per heavy atom. The predicted octanol–water partition coefficient (Wildman–Crippen LogP) is 0.201. The maximum atomic E-state index is 13.6. The van der Waals surface area contributed by atoms with Crippen molar-refractivity contribution in [3.8, 4) is 5.75 Å². The molecule has 33 heavy (non-hydrogen) atoms. The van der Waals surface area contributed by atoms with Crippen LogP contribution < -0.4 is 10.6 Å². The van der Waals surface area contributed by atoms with Crippen molar-refractivity contribution >= 4 is 34.7 Å². The summed E-state index contributed by atoms with van der Waals surface area (Å²) in [5.41, 5.74) is 4.54. The van der Waals surface area contributed by atoms with E-state index in [-0.39, 0.29) is 24.2 Å². The van der Waals surface area contributed by atoms with Crippen LogP contribution in [0.25, 0.3) is 0 Å². The van der Waals surface area contributed by atoms with Crippen LogP contribution in [0.2, 0.25) is 0 Å². The van der Waals surface area contributed by atoms with E-state index in [9.17, 15) is 34.2 Å². The number of Topliss-reactive ketones (excluding diaryl/α,β-unsaturated/α-hetero) is 4. The van der Waals surface area contributed by atoms with E-state index < -0.39 is 64.2 Å². The molecule has 3 aliphatic rings. The third-order valence-corrected chi connectivity index (χ3v) is 7.80. The first-order valence-electron chi connectivity index (χ1n) is 11.1. The molecule has 3 aliphatic carbocycles. The lowest BCUT2D eigenvalue weighted by Crippen LogP contribution is -2.70. The van der Waals surface area contributed by atoms with E-state index in [2.05, 4.69) is 0 Å². The summed E-state index contributed by atoms with van der Waals surface area (Å²) in [4.78, 5) is 66.7. The number of carbonyl (C=O) groups excluding carboxylic acids is 5. The van der Waals surface area contributed by atoms with Gasteiger partial charge in [0, 0.05) is 31.6 Å². The van der Waals surface area contributed by atoms with Gasteiger partial charge >= 0.3 is 0 Å². The van der Waals surface area contributed by atoms with Crippen molar-refractivity contribution in [1.82, 2.24) is 0 Å². The second-order valence-electron chi connectivity index (χ2n) is 9.67. The van der Waals surface area contributed by atoms with Gasteiger partial charge in [-0.15, -0.1) is 0 Å². The number of hydrogen-bond acceptors (Lipinski definition) is 8. The van der Waals surface area contributed by atoms with Gasteiger partial charge in [-0.25, -0.2) is 0 Å². The zero-order chi connectivity index (χ0) is 24.6. The summed E-state index contributed by atoms with van der Waals surface area (Å²) in [6.45, 7) is 3.30. The van der Waals surface area contributed by atoms with Gasteiger partial charge in [-0.2, -0.15) is 0 Å². The molecule has 0 saturated heterocycles. The number of aliphatic hydroxyl groups is 1. The Morgan fingerprint density at radius 1 is 1.21 bits per heavy atom. The van der Waals surface area contributed by atoms with Gasteiger partial charge in [0.15, 0.2) is 34.7 Å². The molecule has 9 heteroatoms. The molecule has 2 saturated carbocycles. The van der Waals surface area contributed by atoms with E-state index >= 15 is 0 Å². The first-order chi connectivity index (χ1) is 15.4. The van der Waals surface area contributed by atoms with Gasteiger partial charge in [0.1, 0.15) is 5.75 Å². The molecule has 4 N–H and O–H groups in total. The quantitative estimate of drug-likeness (QED) is 0.545. The molecule has 0 aliphatic heterocycles. The number of primary amides is 1. The molecule has 1 aromatic rings. The second kappa shape index (κ2) is 7.48. The fourth-order valence-corrected chi connectivity index (χ4v) is 6.06. The van der Waals surface area contributed by atoms with Crippen LogP contribution in [0.5, 0.6) is 5.75 Å². The molecule has 6 atom stereocenters. The predicted molar refractivity (Wildman–Crippen MR) is 117 cm³/mol. The molecule has 9 nitrogen and oxygen atoms in total. The number of anilines is 1. The molecule has 2 fully saturated rings. The third kappa shape index (κ3) is 2.91. The fourth-order valence-electron chi connectivity index (χ4n) is 6.06. The lowest BCUT2D eigenvalue weighted by atomic mass is 9.51. The number of phenols is 1. The smallest absolute Gasteiger partial charge is 0.235 e. The van der Waals surface area contributed by atoms with E-state index in [1.54, 1.807) is 0 Å². The Balaban J connectivity index is 1.88. The summed E-state index contributed by atoms with van der Waals surface area (Å²) in [5, 5.41) is 22.2. The number of carbonyl (C=O) groups is 5. The summed E-state index contributed by atoms with van der Waals surface area (Å²) in [6, 6.07) is 1.82. The average Bonchev–Trinajstić information content (AvgIpc) is 2.74. The van der Waals surface area contributed by atoms with Crippen LogP contribution in [0.4, 0.5) is 5.69 Å². The van der Waals surface area contributed by atoms with E-state index in [1.807, 2.05) is 32.0 Å². The number of nitrogens with two attached hydrogens (primary N) is 1. The number of aryl methyl sites for hydroxylation is 1. The standard InChI is InChI=1S/C24H28N2O7/c1-5-10-8-14(26(3)4)12-6-11-7-13-9(2)18(27)17(23(25)32)22(31)24(13,33)21(30)15(11)20(29)16(12)19(10)28/h8-9,11,13,15,17,28,33H,5-7H2,1-4H3,(H2,25,32). The topological polar surface area (TPSA) is 155 Å². The Hall–Kier alpha value is -3.07. The van der Waals surface area contributed by atoms with Crippen LogP contribution in [0.1, 0.15) is 41.8 Å². The average molecular weight is 456 g/mol. The maximum absolute atomic E-state index is 13.6. The largest absolute Gasteiger partial charge is 0.507 e. The molecule has 176 valence electrons.